The maximum Gasteiger partial charge on any atom is 0.102 e. The Morgan fingerprint density at radius 2 is 0.661 bits per heavy atom. The van der Waals surface area contributed by atoms with Gasteiger partial charge in [-0.05, 0) is 57.3 Å². The van der Waals surface area contributed by atoms with Crippen molar-refractivity contribution in [3.05, 3.63) is 168 Å². The number of nitrogens with zero attached hydrogens (tertiary/aromatic N) is 4. The predicted molar refractivity (Wildman–Crippen MR) is 233 cm³/mol. The topological polar surface area (TPSA) is 57.4 Å². The summed E-state index contributed by atoms with van der Waals surface area (Å²) in [5.74, 6) is 0. The first-order valence-electron chi connectivity index (χ1n) is 19.2. The molecule has 4 nitrogen and oxygen atoms in total. The molecule has 0 saturated carbocycles. The normalized spacial score (nSPS) is 12.1. The quantitative estimate of drug-likeness (QED) is 0.182. The summed E-state index contributed by atoms with van der Waals surface area (Å²) in [5.41, 5.74) is 11.8. The maximum absolute atomic E-state index is 11.6. The zero-order chi connectivity index (χ0) is 38.9. The van der Waals surface area contributed by atoms with Crippen LogP contribution in [0, 0.1) is 22.7 Å². The Kier molecular flexibility index (Phi) is 8.01. The van der Waals surface area contributed by atoms with E-state index in [0.717, 1.165) is 71.7 Å². The number of para-hydroxylation sites is 4. The summed E-state index contributed by atoms with van der Waals surface area (Å²) in [4.78, 5) is 0. The summed E-state index contributed by atoms with van der Waals surface area (Å²) in [7, 11) is 0. The van der Waals surface area contributed by atoms with Gasteiger partial charge in [0, 0.05) is 32.7 Å². The molecule has 0 spiro atoms. The highest BCUT2D eigenvalue weighted by molar-refractivity contribution is 6.13. The minimum Gasteiger partial charge on any atom is -0.307 e. The summed E-state index contributed by atoms with van der Waals surface area (Å²) in [6.45, 7) is 13.3. The van der Waals surface area contributed by atoms with Crippen LogP contribution in [0.4, 0.5) is 0 Å². The van der Waals surface area contributed by atoms with Gasteiger partial charge in [-0.3, -0.25) is 0 Å². The lowest BCUT2D eigenvalue weighted by molar-refractivity contribution is 0.590. The Bertz CT molecular complexity index is 2830. The molecule has 0 bridgehead atoms. The van der Waals surface area contributed by atoms with E-state index in [1.54, 1.807) is 0 Å². The molecule has 270 valence electrons. The van der Waals surface area contributed by atoms with Crippen molar-refractivity contribution in [1.29, 1.82) is 10.5 Å². The Morgan fingerprint density at radius 3 is 0.946 bits per heavy atom. The maximum atomic E-state index is 11.6. The molecule has 2 aromatic heterocycles. The van der Waals surface area contributed by atoms with Crippen LogP contribution in [0.25, 0.3) is 77.2 Å². The average molecular weight is 723 g/mol. The summed E-state index contributed by atoms with van der Waals surface area (Å²) in [6.07, 6.45) is 0. The summed E-state index contributed by atoms with van der Waals surface area (Å²) < 4.78 is 4.53. The third-order valence-electron chi connectivity index (χ3n) is 11.4. The minimum atomic E-state index is -0.0695. The fraction of sp³-hybridized carbons (Fsp3) is 0.154. The van der Waals surface area contributed by atoms with Crippen molar-refractivity contribution in [2.45, 2.75) is 52.4 Å². The van der Waals surface area contributed by atoms with Crippen molar-refractivity contribution in [3.63, 3.8) is 0 Å². The second-order valence-corrected chi connectivity index (χ2v) is 16.8. The van der Waals surface area contributed by atoms with E-state index in [-0.39, 0.29) is 10.8 Å². The van der Waals surface area contributed by atoms with Crippen molar-refractivity contribution in [2.75, 3.05) is 0 Å². The second kappa shape index (κ2) is 12.9. The smallest absolute Gasteiger partial charge is 0.102 e. The number of nitriles is 2. The van der Waals surface area contributed by atoms with Gasteiger partial charge in [0.25, 0.3) is 0 Å². The third-order valence-corrected chi connectivity index (χ3v) is 11.4. The Balaban J connectivity index is 1.57. The summed E-state index contributed by atoms with van der Waals surface area (Å²) in [6, 6.07) is 56.3. The molecule has 0 fully saturated rings. The van der Waals surface area contributed by atoms with E-state index < -0.39 is 0 Å². The van der Waals surface area contributed by atoms with E-state index in [1.807, 2.05) is 0 Å². The van der Waals surface area contributed by atoms with Gasteiger partial charge in [0.05, 0.1) is 44.6 Å². The molecule has 7 aromatic carbocycles. The van der Waals surface area contributed by atoms with Crippen LogP contribution in [0.2, 0.25) is 0 Å². The molecule has 2 heterocycles. The SMILES string of the molecule is CC(C)(C)c1ccc(-c2c(C#N)c(-n3c4ccccc4c4ccccc43)c(-c3ccc(C(C)(C)C)cc3)c(-n3c4ccccc4c4ccccc43)c2C#N)cc1. The first-order valence-corrected chi connectivity index (χ1v) is 19.2. The molecule has 0 unspecified atom stereocenters. The number of fused-ring (bicyclic) bond motifs is 6. The van der Waals surface area contributed by atoms with Crippen LogP contribution in [0.3, 0.4) is 0 Å². The minimum absolute atomic E-state index is 0.0669. The van der Waals surface area contributed by atoms with E-state index in [1.165, 1.54) is 11.1 Å². The number of aromatic nitrogens is 2. The number of hydrogen-bond acceptors (Lipinski definition) is 2. The molecule has 0 atom stereocenters. The Labute approximate surface area is 328 Å². The van der Waals surface area contributed by atoms with E-state index in [4.69, 9.17) is 0 Å². The molecule has 9 rings (SSSR count). The van der Waals surface area contributed by atoms with Gasteiger partial charge in [0.1, 0.15) is 12.1 Å². The Hall–Kier alpha value is -6.88. The van der Waals surface area contributed by atoms with Crippen LogP contribution in [-0.2, 0) is 10.8 Å². The van der Waals surface area contributed by atoms with Crippen LogP contribution in [0.1, 0.15) is 63.8 Å². The molecule has 0 radical (unpaired) electrons. The number of benzene rings is 7. The zero-order valence-electron chi connectivity index (χ0n) is 32.6. The van der Waals surface area contributed by atoms with Gasteiger partial charge < -0.3 is 9.13 Å². The first-order chi connectivity index (χ1) is 27.0. The van der Waals surface area contributed by atoms with E-state index in [2.05, 4.69) is 208 Å². The number of rotatable bonds is 4. The van der Waals surface area contributed by atoms with Crippen LogP contribution in [0.5, 0.6) is 0 Å². The molecule has 9 aromatic rings. The highest BCUT2D eigenvalue weighted by Crippen LogP contribution is 2.49. The molecular formula is C52H42N4. The zero-order valence-corrected chi connectivity index (χ0v) is 32.6. The monoisotopic (exact) mass is 722 g/mol. The lowest BCUT2D eigenvalue weighted by Crippen LogP contribution is -2.13. The van der Waals surface area contributed by atoms with Gasteiger partial charge in [0.2, 0.25) is 0 Å². The number of hydrogen-bond donors (Lipinski definition) is 0. The molecule has 56 heavy (non-hydrogen) atoms. The molecule has 0 amide bonds. The van der Waals surface area contributed by atoms with E-state index in [0.29, 0.717) is 16.7 Å². The van der Waals surface area contributed by atoms with Crippen LogP contribution < -0.4 is 0 Å². The van der Waals surface area contributed by atoms with Gasteiger partial charge >= 0.3 is 0 Å². The van der Waals surface area contributed by atoms with Crippen molar-refractivity contribution < 1.29 is 0 Å². The van der Waals surface area contributed by atoms with Gasteiger partial charge in [0.15, 0.2) is 0 Å². The molecule has 4 heteroatoms. The highest BCUT2D eigenvalue weighted by Gasteiger charge is 2.32. The first kappa shape index (κ1) is 34.9. The standard InChI is InChI=1S/C52H42N4/c1-51(2,3)35-27-23-33(24-28-35)47-41(31-53)49(55-43-19-11-7-15-37(43)38-16-8-12-20-44(38)55)48(34-25-29-36(30-26-34)52(4,5)6)50(42(47)32-54)56-45-21-13-9-17-39(45)40-18-10-14-22-46(40)56/h7-30H,1-6H3. The molecule has 0 aliphatic heterocycles. The van der Waals surface area contributed by atoms with E-state index >= 15 is 0 Å². The van der Waals surface area contributed by atoms with Gasteiger partial charge in [-0.25, -0.2) is 0 Å². The lowest BCUT2D eigenvalue weighted by atomic mass is 9.82. The largest absolute Gasteiger partial charge is 0.307 e. The van der Waals surface area contributed by atoms with Crippen molar-refractivity contribution in [2.24, 2.45) is 0 Å². The summed E-state index contributed by atoms with van der Waals surface area (Å²) >= 11 is 0. The van der Waals surface area contributed by atoms with Gasteiger partial charge in [-0.1, -0.05) is 163 Å². The fourth-order valence-corrected chi connectivity index (χ4v) is 8.55. The van der Waals surface area contributed by atoms with Crippen molar-refractivity contribution in [1.82, 2.24) is 9.13 Å². The predicted octanol–water partition coefficient (Wildman–Crippen LogP) is 13.6. The molecular weight excluding hydrogens is 681 g/mol. The van der Waals surface area contributed by atoms with Crippen molar-refractivity contribution in [3.8, 4) is 45.8 Å². The highest BCUT2D eigenvalue weighted by atomic mass is 15.0. The van der Waals surface area contributed by atoms with Crippen molar-refractivity contribution >= 4 is 43.6 Å². The van der Waals surface area contributed by atoms with E-state index in [9.17, 15) is 10.5 Å². The molecule has 0 N–H and O–H groups in total. The van der Waals surface area contributed by atoms with Gasteiger partial charge in [-0.2, -0.15) is 10.5 Å². The van der Waals surface area contributed by atoms with Crippen LogP contribution in [-0.4, -0.2) is 9.13 Å². The summed E-state index contributed by atoms with van der Waals surface area (Å²) in [5, 5.41) is 27.6. The fourth-order valence-electron chi connectivity index (χ4n) is 8.55. The molecule has 0 aliphatic rings. The molecule has 0 saturated heterocycles. The molecule has 0 aliphatic carbocycles. The lowest BCUT2D eigenvalue weighted by Gasteiger charge is -2.26. The third kappa shape index (κ3) is 5.33. The Morgan fingerprint density at radius 1 is 0.375 bits per heavy atom. The van der Waals surface area contributed by atoms with Gasteiger partial charge in [-0.15, -0.1) is 0 Å². The second-order valence-electron chi connectivity index (χ2n) is 16.8. The average Bonchev–Trinajstić information content (AvgIpc) is 3.72. The van der Waals surface area contributed by atoms with Crippen LogP contribution in [0.15, 0.2) is 146 Å². The van der Waals surface area contributed by atoms with Crippen LogP contribution >= 0.6 is 0 Å².